The van der Waals surface area contributed by atoms with Crippen molar-refractivity contribution in [3.63, 3.8) is 0 Å². The lowest BCUT2D eigenvalue weighted by molar-refractivity contribution is -0.138. The summed E-state index contributed by atoms with van der Waals surface area (Å²) in [6.07, 6.45) is -0.811. The molecule has 1 unspecified atom stereocenters. The Hall–Kier alpha value is -2.37. The van der Waals surface area contributed by atoms with E-state index in [0.29, 0.717) is 12.3 Å². The summed E-state index contributed by atoms with van der Waals surface area (Å²) in [5.41, 5.74) is 0.0441. The smallest absolute Gasteiger partial charge is 0.349 e. The van der Waals surface area contributed by atoms with Crippen molar-refractivity contribution >= 4 is 5.91 Å². The molecule has 0 spiro atoms. The highest BCUT2D eigenvalue weighted by molar-refractivity contribution is 5.79. The van der Waals surface area contributed by atoms with Crippen LogP contribution >= 0.6 is 0 Å². The molecule has 0 saturated heterocycles. The lowest BCUT2D eigenvalue weighted by atomic mass is 9.97. The number of hydrogen-bond donors (Lipinski definition) is 1. The van der Waals surface area contributed by atoms with Gasteiger partial charge in [0.1, 0.15) is 0 Å². The number of carbonyl (C=O) groups is 1. The zero-order valence-corrected chi connectivity index (χ0v) is 14.2. The van der Waals surface area contributed by atoms with Gasteiger partial charge >= 0.3 is 6.18 Å². The number of hydrogen-bond acceptors (Lipinski definition) is 2. The van der Waals surface area contributed by atoms with Crippen LogP contribution in [-0.4, -0.2) is 10.9 Å². The van der Waals surface area contributed by atoms with Crippen molar-refractivity contribution in [1.82, 2.24) is 10.3 Å². The normalized spacial score (nSPS) is 12.9. The minimum atomic E-state index is -4.47. The van der Waals surface area contributed by atoms with Crippen molar-refractivity contribution in [2.45, 2.75) is 38.9 Å². The van der Waals surface area contributed by atoms with E-state index in [-0.39, 0.29) is 18.0 Å². The number of amides is 1. The molecular weight excluding hydrogens is 329 g/mol. The molecule has 1 N–H and O–H groups in total. The van der Waals surface area contributed by atoms with Crippen LogP contribution in [-0.2, 0) is 17.4 Å². The van der Waals surface area contributed by atoms with E-state index in [4.69, 9.17) is 0 Å². The maximum Gasteiger partial charge on any atom is 0.416 e. The molecule has 0 aliphatic heterocycles. The Labute approximate surface area is 145 Å². The summed E-state index contributed by atoms with van der Waals surface area (Å²) >= 11 is 0. The number of nitrogens with one attached hydrogen (secondary N) is 1. The second kappa shape index (κ2) is 8.14. The van der Waals surface area contributed by atoms with Crippen LogP contribution in [0.5, 0.6) is 0 Å². The summed E-state index contributed by atoms with van der Waals surface area (Å²) < 4.78 is 39.2. The maximum atomic E-state index is 13.1. The van der Waals surface area contributed by atoms with Gasteiger partial charge in [0.25, 0.3) is 0 Å². The molecule has 0 bridgehead atoms. The van der Waals surface area contributed by atoms with Gasteiger partial charge in [0.15, 0.2) is 0 Å². The molecule has 1 aromatic heterocycles. The van der Waals surface area contributed by atoms with Crippen molar-refractivity contribution in [3.8, 4) is 0 Å². The highest BCUT2D eigenvalue weighted by atomic mass is 19.4. The van der Waals surface area contributed by atoms with Gasteiger partial charge in [-0.05, 0) is 35.6 Å². The van der Waals surface area contributed by atoms with E-state index in [1.54, 1.807) is 18.5 Å². The van der Waals surface area contributed by atoms with Crippen molar-refractivity contribution in [2.75, 3.05) is 0 Å². The number of rotatable bonds is 6. The molecule has 25 heavy (non-hydrogen) atoms. The van der Waals surface area contributed by atoms with E-state index < -0.39 is 17.6 Å². The Kier molecular flexibility index (Phi) is 6.17. The molecule has 1 aromatic carbocycles. The van der Waals surface area contributed by atoms with E-state index in [1.807, 2.05) is 19.9 Å². The molecule has 134 valence electrons. The summed E-state index contributed by atoms with van der Waals surface area (Å²) in [6, 6.07) is 8.50. The number of halogens is 3. The van der Waals surface area contributed by atoms with Gasteiger partial charge in [-0.25, -0.2) is 0 Å². The van der Waals surface area contributed by atoms with Crippen LogP contribution in [0.15, 0.2) is 48.8 Å². The number of nitrogens with zero attached hydrogens (tertiary/aromatic N) is 1. The van der Waals surface area contributed by atoms with Crippen molar-refractivity contribution in [2.24, 2.45) is 5.92 Å². The molecule has 1 atom stereocenters. The maximum absolute atomic E-state index is 13.1. The molecule has 0 fully saturated rings. The lowest BCUT2D eigenvalue weighted by Gasteiger charge is -2.21. The Morgan fingerprint density at radius 1 is 1.16 bits per heavy atom. The van der Waals surface area contributed by atoms with Crippen LogP contribution in [0.2, 0.25) is 0 Å². The fraction of sp³-hybridized carbons (Fsp3) is 0.368. The third kappa shape index (κ3) is 5.59. The third-order valence-corrected chi connectivity index (χ3v) is 3.80. The minimum absolute atomic E-state index is 0.0259. The molecule has 0 aliphatic rings. The zero-order valence-electron chi connectivity index (χ0n) is 14.2. The number of pyridine rings is 1. The topological polar surface area (TPSA) is 42.0 Å². The Bertz CT molecular complexity index is 699. The fourth-order valence-corrected chi connectivity index (χ4v) is 2.70. The van der Waals surface area contributed by atoms with Crippen molar-refractivity contribution < 1.29 is 18.0 Å². The van der Waals surface area contributed by atoms with Crippen LogP contribution in [0.4, 0.5) is 13.2 Å². The molecule has 0 aliphatic carbocycles. The van der Waals surface area contributed by atoms with Crippen LogP contribution in [0, 0.1) is 5.92 Å². The van der Waals surface area contributed by atoms with E-state index in [0.717, 1.165) is 11.6 Å². The van der Waals surface area contributed by atoms with Crippen LogP contribution in [0.25, 0.3) is 0 Å². The average molecular weight is 350 g/mol. The largest absolute Gasteiger partial charge is 0.416 e. The summed E-state index contributed by atoms with van der Waals surface area (Å²) in [4.78, 5) is 16.4. The molecule has 3 nitrogen and oxygen atoms in total. The van der Waals surface area contributed by atoms with Crippen LogP contribution in [0.3, 0.4) is 0 Å². The predicted octanol–water partition coefficient (Wildman–Crippen LogP) is 4.55. The standard InChI is InChI=1S/C19H21F3N2O/c1-13(2)10-17(15-7-5-9-23-12-15)24-18(25)11-14-6-3-4-8-16(14)19(20,21)22/h3-9,12-13,17H,10-11H2,1-2H3,(H,24,25). The molecule has 1 heterocycles. The summed E-state index contributed by atoms with van der Waals surface area (Å²) in [5, 5.41) is 2.85. The van der Waals surface area contributed by atoms with Crippen LogP contribution < -0.4 is 5.32 Å². The molecule has 6 heteroatoms. The second-order valence-electron chi connectivity index (χ2n) is 6.37. The van der Waals surface area contributed by atoms with Gasteiger partial charge < -0.3 is 5.32 Å². The van der Waals surface area contributed by atoms with E-state index in [2.05, 4.69) is 10.3 Å². The number of aromatic nitrogens is 1. The summed E-state index contributed by atoms with van der Waals surface area (Å²) in [5.74, 6) is -0.126. The van der Waals surface area contributed by atoms with Gasteiger partial charge in [-0.3, -0.25) is 9.78 Å². The van der Waals surface area contributed by atoms with Crippen LogP contribution in [0.1, 0.15) is 43.0 Å². The highest BCUT2D eigenvalue weighted by Crippen LogP contribution is 2.32. The van der Waals surface area contributed by atoms with Gasteiger partial charge in [0, 0.05) is 12.4 Å². The highest BCUT2D eigenvalue weighted by Gasteiger charge is 2.33. The fourth-order valence-electron chi connectivity index (χ4n) is 2.70. The Balaban J connectivity index is 2.15. The van der Waals surface area contributed by atoms with Gasteiger partial charge in [-0.2, -0.15) is 13.2 Å². The molecular formula is C19H21F3N2O. The minimum Gasteiger partial charge on any atom is -0.349 e. The first-order valence-electron chi connectivity index (χ1n) is 8.11. The van der Waals surface area contributed by atoms with Gasteiger partial charge in [-0.15, -0.1) is 0 Å². The van der Waals surface area contributed by atoms with E-state index in [9.17, 15) is 18.0 Å². The SMILES string of the molecule is CC(C)CC(NC(=O)Cc1ccccc1C(F)(F)F)c1cccnc1. The second-order valence-corrected chi connectivity index (χ2v) is 6.37. The quantitative estimate of drug-likeness (QED) is 0.831. The molecule has 1 amide bonds. The monoisotopic (exact) mass is 350 g/mol. The van der Waals surface area contributed by atoms with Gasteiger partial charge in [-0.1, -0.05) is 38.1 Å². The number of benzene rings is 1. The molecule has 0 radical (unpaired) electrons. The van der Waals surface area contributed by atoms with E-state index >= 15 is 0 Å². The third-order valence-electron chi connectivity index (χ3n) is 3.80. The molecule has 2 aromatic rings. The molecule has 2 rings (SSSR count). The van der Waals surface area contributed by atoms with Crippen molar-refractivity contribution in [1.29, 1.82) is 0 Å². The number of carbonyl (C=O) groups excluding carboxylic acids is 1. The first-order chi connectivity index (χ1) is 11.8. The van der Waals surface area contributed by atoms with E-state index in [1.165, 1.54) is 18.2 Å². The zero-order chi connectivity index (χ0) is 18.4. The van der Waals surface area contributed by atoms with Gasteiger partial charge in [0.2, 0.25) is 5.91 Å². The number of alkyl halides is 3. The summed E-state index contributed by atoms with van der Waals surface area (Å²) in [6.45, 7) is 4.04. The van der Waals surface area contributed by atoms with Crippen molar-refractivity contribution in [3.05, 3.63) is 65.5 Å². The summed E-state index contributed by atoms with van der Waals surface area (Å²) in [7, 11) is 0. The molecule has 0 saturated carbocycles. The first-order valence-corrected chi connectivity index (χ1v) is 8.11. The Morgan fingerprint density at radius 3 is 2.48 bits per heavy atom. The lowest BCUT2D eigenvalue weighted by Crippen LogP contribution is -2.31. The average Bonchev–Trinajstić information content (AvgIpc) is 2.54. The van der Waals surface area contributed by atoms with Gasteiger partial charge in [0.05, 0.1) is 18.0 Å². The Morgan fingerprint density at radius 2 is 1.88 bits per heavy atom. The first kappa shape index (κ1) is 19.0. The predicted molar refractivity (Wildman–Crippen MR) is 89.7 cm³/mol.